The summed E-state index contributed by atoms with van der Waals surface area (Å²) in [6, 6.07) is -0.325. The molecule has 27 heavy (non-hydrogen) atoms. The Morgan fingerprint density at radius 1 is 1.30 bits per heavy atom. The Kier molecular flexibility index (Phi) is 9.12. The van der Waals surface area contributed by atoms with Gasteiger partial charge in [-0.15, -0.1) is 0 Å². The van der Waals surface area contributed by atoms with E-state index < -0.39 is 29.8 Å². The molecule has 0 aliphatic heterocycles. The van der Waals surface area contributed by atoms with E-state index in [-0.39, 0.29) is 25.4 Å². The summed E-state index contributed by atoms with van der Waals surface area (Å²) in [5, 5.41) is 13.7. The van der Waals surface area contributed by atoms with Gasteiger partial charge in [0, 0.05) is 19.3 Å². The molecule has 0 bridgehead atoms. The normalized spacial score (nSPS) is 11.4. The number of hydrogen-bond donors (Lipinski definition) is 5. The maximum Gasteiger partial charge on any atom is 0.407 e. The standard InChI is InChI=1S/C15H24N6O6/c16-11-5-8-21(14(25)20-11)7-1-2-9-27-15(26)19-10(12(22)23)4-3-6-18-13(17)24/h5,8,10H,1-4,6-7,9H2,(H,19,26)(H,22,23)(H2,16,20,25)(H3,17,18,24)/t10-/m0/s1. The highest BCUT2D eigenvalue weighted by Crippen LogP contribution is 2.00. The molecule has 0 spiro atoms. The van der Waals surface area contributed by atoms with Gasteiger partial charge >= 0.3 is 23.8 Å². The van der Waals surface area contributed by atoms with Crippen LogP contribution >= 0.6 is 0 Å². The molecule has 3 amide bonds. The summed E-state index contributed by atoms with van der Waals surface area (Å²) in [6.45, 7) is 0.662. The number of aromatic nitrogens is 2. The van der Waals surface area contributed by atoms with Crippen molar-refractivity contribution in [1.29, 1.82) is 0 Å². The van der Waals surface area contributed by atoms with E-state index in [0.29, 0.717) is 25.8 Å². The molecule has 0 saturated carbocycles. The number of rotatable bonds is 11. The molecular weight excluding hydrogens is 360 g/mol. The van der Waals surface area contributed by atoms with Gasteiger partial charge < -0.3 is 31.9 Å². The number of carboxylic acids is 1. The lowest BCUT2D eigenvalue weighted by molar-refractivity contribution is -0.139. The van der Waals surface area contributed by atoms with E-state index in [2.05, 4.69) is 15.6 Å². The summed E-state index contributed by atoms with van der Waals surface area (Å²) in [4.78, 5) is 48.4. The fourth-order valence-corrected chi connectivity index (χ4v) is 2.12. The Bertz CT molecular complexity index is 706. The zero-order valence-corrected chi connectivity index (χ0v) is 14.7. The highest BCUT2D eigenvalue weighted by molar-refractivity contribution is 5.79. The first-order valence-electron chi connectivity index (χ1n) is 8.32. The maximum absolute atomic E-state index is 11.7. The average Bonchev–Trinajstić information content (AvgIpc) is 2.58. The number of aliphatic carboxylic acids is 1. The number of urea groups is 1. The van der Waals surface area contributed by atoms with E-state index in [1.165, 1.54) is 16.8 Å². The maximum atomic E-state index is 11.7. The Hall–Kier alpha value is -3.31. The molecule has 12 nitrogen and oxygen atoms in total. The molecule has 0 aliphatic carbocycles. The number of nitrogens with one attached hydrogen (secondary N) is 2. The van der Waals surface area contributed by atoms with Crippen molar-refractivity contribution in [3.63, 3.8) is 0 Å². The molecule has 7 N–H and O–H groups in total. The number of ether oxygens (including phenoxy) is 1. The van der Waals surface area contributed by atoms with Gasteiger partial charge in [0.15, 0.2) is 0 Å². The Morgan fingerprint density at radius 3 is 2.67 bits per heavy atom. The minimum atomic E-state index is -1.21. The molecule has 0 unspecified atom stereocenters. The van der Waals surface area contributed by atoms with Crippen LogP contribution in [0.2, 0.25) is 0 Å². The van der Waals surface area contributed by atoms with Crippen molar-refractivity contribution in [3.05, 3.63) is 22.7 Å². The zero-order valence-electron chi connectivity index (χ0n) is 14.7. The largest absolute Gasteiger partial charge is 0.480 e. The lowest BCUT2D eigenvalue weighted by atomic mass is 10.1. The third kappa shape index (κ3) is 9.09. The third-order valence-electron chi connectivity index (χ3n) is 3.48. The van der Waals surface area contributed by atoms with Crippen LogP contribution in [0.1, 0.15) is 25.7 Å². The molecule has 150 valence electrons. The second-order valence-electron chi connectivity index (χ2n) is 5.64. The Balaban J connectivity index is 2.24. The van der Waals surface area contributed by atoms with Gasteiger partial charge in [0.2, 0.25) is 0 Å². The highest BCUT2D eigenvalue weighted by Gasteiger charge is 2.20. The number of carboxylic acid groups (broad SMARTS) is 1. The minimum Gasteiger partial charge on any atom is -0.480 e. The molecule has 1 aromatic rings. The molecule has 12 heteroatoms. The lowest BCUT2D eigenvalue weighted by Gasteiger charge is -2.14. The van der Waals surface area contributed by atoms with Crippen LogP contribution in [0.5, 0.6) is 0 Å². The average molecular weight is 384 g/mol. The number of amides is 3. The summed E-state index contributed by atoms with van der Waals surface area (Å²) in [5.74, 6) is -1.06. The van der Waals surface area contributed by atoms with Gasteiger partial charge in [0.25, 0.3) is 0 Å². The van der Waals surface area contributed by atoms with Gasteiger partial charge in [-0.05, 0) is 31.7 Å². The number of hydrogen-bond acceptors (Lipinski definition) is 7. The fourth-order valence-electron chi connectivity index (χ4n) is 2.12. The number of primary amides is 1. The first-order chi connectivity index (χ1) is 12.8. The molecule has 0 aromatic carbocycles. The summed E-state index contributed by atoms with van der Waals surface area (Å²) in [5.41, 5.74) is 9.84. The van der Waals surface area contributed by atoms with Gasteiger partial charge in [0.1, 0.15) is 11.9 Å². The third-order valence-corrected chi connectivity index (χ3v) is 3.48. The number of nitrogens with zero attached hydrogens (tertiary/aromatic N) is 2. The van der Waals surface area contributed by atoms with E-state index in [1.807, 2.05) is 0 Å². The molecule has 0 radical (unpaired) electrons. The number of carbonyl (C=O) groups is 3. The monoisotopic (exact) mass is 384 g/mol. The first kappa shape index (κ1) is 21.7. The summed E-state index contributed by atoms with van der Waals surface area (Å²) < 4.78 is 6.31. The van der Waals surface area contributed by atoms with Crippen LogP contribution in [-0.4, -0.2) is 51.9 Å². The van der Waals surface area contributed by atoms with Crippen molar-refractivity contribution in [2.45, 2.75) is 38.3 Å². The number of unbranched alkanes of at least 4 members (excludes halogenated alkanes) is 1. The van der Waals surface area contributed by atoms with Gasteiger partial charge in [-0.2, -0.15) is 4.98 Å². The van der Waals surface area contributed by atoms with E-state index in [1.54, 1.807) is 0 Å². The predicted molar refractivity (Wildman–Crippen MR) is 94.9 cm³/mol. The van der Waals surface area contributed by atoms with E-state index in [0.717, 1.165) is 0 Å². The topological polar surface area (TPSA) is 192 Å². The molecule has 0 fully saturated rings. The van der Waals surface area contributed by atoms with Crippen molar-refractivity contribution in [1.82, 2.24) is 20.2 Å². The van der Waals surface area contributed by atoms with Crippen LogP contribution in [-0.2, 0) is 16.1 Å². The Morgan fingerprint density at radius 2 is 2.04 bits per heavy atom. The van der Waals surface area contributed by atoms with Crippen LogP contribution in [0.4, 0.5) is 15.4 Å². The molecule has 1 heterocycles. The van der Waals surface area contributed by atoms with E-state index in [4.69, 9.17) is 21.3 Å². The van der Waals surface area contributed by atoms with Gasteiger partial charge in [-0.25, -0.2) is 19.2 Å². The second kappa shape index (κ2) is 11.3. The fraction of sp³-hybridized carbons (Fsp3) is 0.533. The lowest BCUT2D eigenvalue weighted by Crippen LogP contribution is -2.41. The van der Waals surface area contributed by atoms with Crippen LogP contribution in [0, 0.1) is 0 Å². The number of nitrogens with two attached hydrogens (primary N) is 2. The molecular formula is C15H24N6O6. The quantitative estimate of drug-likeness (QED) is 0.307. The summed E-state index contributed by atoms with van der Waals surface area (Å²) in [6.07, 6.45) is 2.15. The summed E-state index contributed by atoms with van der Waals surface area (Å²) in [7, 11) is 0. The van der Waals surface area contributed by atoms with Crippen molar-refractivity contribution in [2.24, 2.45) is 5.73 Å². The molecule has 0 saturated heterocycles. The first-order valence-corrected chi connectivity index (χ1v) is 8.32. The molecule has 0 aliphatic rings. The number of anilines is 1. The summed E-state index contributed by atoms with van der Waals surface area (Å²) >= 11 is 0. The molecule has 1 atom stereocenters. The van der Waals surface area contributed by atoms with Crippen molar-refractivity contribution < 1.29 is 24.2 Å². The molecule has 1 aromatic heterocycles. The predicted octanol–water partition coefficient (Wildman–Crippen LogP) is -0.766. The number of alkyl carbamates (subject to hydrolysis) is 1. The van der Waals surface area contributed by atoms with Crippen LogP contribution in [0.25, 0.3) is 0 Å². The van der Waals surface area contributed by atoms with Crippen molar-refractivity contribution in [3.8, 4) is 0 Å². The molecule has 1 rings (SSSR count). The van der Waals surface area contributed by atoms with Crippen molar-refractivity contribution >= 4 is 23.9 Å². The van der Waals surface area contributed by atoms with Crippen LogP contribution < -0.4 is 27.8 Å². The Labute approximate surface area is 154 Å². The van der Waals surface area contributed by atoms with Gasteiger partial charge in [0.05, 0.1) is 6.61 Å². The highest BCUT2D eigenvalue weighted by atomic mass is 16.5. The minimum absolute atomic E-state index is 0.0680. The number of carbonyl (C=O) groups excluding carboxylic acids is 2. The zero-order chi connectivity index (χ0) is 20.2. The van der Waals surface area contributed by atoms with Gasteiger partial charge in [-0.3, -0.25) is 4.57 Å². The second-order valence-corrected chi connectivity index (χ2v) is 5.64. The van der Waals surface area contributed by atoms with E-state index >= 15 is 0 Å². The number of aryl methyl sites for hydroxylation is 1. The van der Waals surface area contributed by atoms with Crippen LogP contribution in [0.15, 0.2) is 17.1 Å². The van der Waals surface area contributed by atoms with Crippen LogP contribution in [0.3, 0.4) is 0 Å². The van der Waals surface area contributed by atoms with Crippen molar-refractivity contribution in [2.75, 3.05) is 18.9 Å². The van der Waals surface area contributed by atoms with E-state index in [9.17, 15) is 19.2 Å². The van der Waals surface area contributed by atoms with Gasteiger partial charge in [-0.1, -0.05) is 0 Å². The smallest absolute Gasteiger partial charge is 0.407 e. The SMILES string of the molecule is NC(=O)NCCC[C@H](NC(=O)OCCCCn1ccc(N)nc1=O)C(=O)O. The number of nitrogen functional groups attached to an aromatic ring is 1.